The average Bonchev–Trinajstić information content (AvgIpc) is 2.29. The van der Waals surface area contributed by atoms with Crippen LogP contribution in [0, 0.1) is 0 Å². The van der Waals surface area contributed by atoms with Crippen LogP contribution in [-0.2, 0) is 5.75 Å². The van der Waals surface area contributed by atoms with Crippen molar-refractivity contribution in [3.05, 3.63) is 29.8 Å². The van der Waals surface area contributed by atoms with Crippen LogP contribution in [0.1, 0.15) is 25.8 Å². The summed E-state index contributed by atoms with van der Waals surface area (Å²) in [5.74, 6) is 2.01. The molecule has 1 aromatic carbocycles. The lowest BCUT2D eigenvalue weighted by atomic mass is 10.2. The highest BCUT2D eigenvalue weighted by Crippen LogP contribution is 2.26. The molecular weight excluding hydrogens is 218 g/mol. The lowest BCUT2D eigenvalue weighted by Gasteiger charge is -2.12. The minimum atomic E-state index is 0.611. The SMILES string of the molecule is CCOc1ccccc1CSC(C)CCN. The van der Waals surface area contributed by atoms with Gasteiger partial charge in [0.05, 0.1) is 6.61 Å². The second kappa shape index (κ2) is 7.58. The second-order valence-corrected chi connectivity index (χ2v) is 5.17. The molecule has 0 spiro atoms. The maximum absolute atomic E-state index is 5.59. The van der Waals surface area contributed by atoms with E-state index in [1.807, 2.05) is 30.8 Å². The maximum atomic E-state index is 5.59. The molecule has 0 amide bonds. The fourth-order valence-corrected chi connectivity index (χ4v) is 2.47. The molecule has 0 aliphatic heterocycles. The summed E-state index contributed by atoms with van der Waals surface area (Å²) in [7, 11) is 0. The van der Waals surface area contributed by atoms with Gasteiger partial charge in [0.2, 0.25) is 0 Å². The van der Waals surface area contributed by atoms with Gasteiger partial charge in [-0.1, -0.05) is 25.1 Å². The third-order valence-electron chi connectivity index (χ3n) is 2.37. The van der Waals surface area contributed by atoms with Gasteiger partial charge < -0.3 is 10.5 Å². The molecular formula is C13H21NOS. The average molecular weight is 239 g/mol. The molecule has 2 N–H and O–H groups in total. The lowest BCUT2D eigenvalue weighted by molar-refractivity contribution is 0.337. The molecule has 0 fully saturated rings. The van der Waals surface area contributed by atoms with E-state index in [4.69, 9.17) is 10.5 Å². The highest BCUT2D eigenvalue weighted by atomic mass is 32.2. The van der Waals surface area contributed by atoms with E-state index in [9.17, 15) is 0 Å². The van der Waals surface area contributed by atoms with E-state index < -0.39 is 0 Å². The van der Waals surface area contributed by atoms with E-state index >= 15 is 0 Å². The Morgan fingerprint density at radius 1 is 1.38 bits per heavy atom. The van der Waals surface area contributed by atoms with Gasteiger partial charge in [-0.25, -0.2) is 0 Å². The number of nitrogens with two attached hydrogens (primary N) is 1. The number of thioether (sulfide) groups is 1. The number of hydrogen-bond donors (Lipinski definition) is 1. The molecule has 0 saturated carbocycles. The quantitative estimate of drug-likeness (QED) is 0.794. The predicted molar refractivity (Wildman–Crippen MR) is 72.0 cm³/mol. The Balaban J connectivity index is 2.52. The molecule has 0 heterocycles. The first kappa shape index (κ1) is 13.4. The predicted octanol–water partition coefficient (Wildman–Crippen LogP) is 3.06. The number of benzene rings is 1. The summed E-state index contributed by atoms with van der Waals surface area (Å²) in [6.07, 6.45) is 1.07. The zero-order valence-electron chi connectivity index (χ0n) is 10.1. The number of hydrogen-bond acceptors (Lipinski definition) is 3. The largest absolute Gasteiger partial charge is 0.494 e. The van der Waals surface area contributed by atoms with Crippen molar-refractivity contribution in [2.45, 2.75) is 31.3 Å². The van der Waals surface area contributed by atoms with E-state index in [0.717, 1.165) is 31.1 Å². The molecule has 0 aliphatic rings. The zero-order chi connectivity index (χ0) is 11.8. The standard InChI is InChI=1S/C13H21NOS/c1-3-15-13-7-5-4-6-12(13)10-16-11(2)8-9-14/h4-7,11H,3,8-10,14H2,1-2H3. The van der Waals surface area contributed by atoms with Gasteiger partial charge in [0, 0.05) is 16.6 Å². The molecule has 3 heteroatoms. The Labute approximate surface area is 103 Å². The smallest absolute Gasteiger partial charge is 0.123 e. The van der Waals surface area contributed by atoms with Crippen LogP contribution in [0.4, 0.5) is 0 Å². The normalized spacial score (nSPS) is 12.4. The van der Waals surface area contributed by atoms with Crippen molar-refractivity contribution in [2.24, 2.45) is 5.73 Å². The van der Waals surface area contributed by atoms with E-state index in [1.165, 1.54) is 5.56 Å². The van der Waals surface area contributed by atoms with Crippen molar-refractivity contribution in [1.82, 2.24) is 0 Å². The van der Waals surface area contributed by atoms with E-state index in [-0.39, 0.29) is 0 Å². The second-order valence-electron chi connectivity index (χ2n) is 3.74. The molecule has 90 valence electrons. The van der Waals surface area contributed by atoms with Crippen molar-refractivity contribution in [3.8, 4) is 5.75 Å². The van der Waals surface area contributed by atoms with Crippen molar-refractivity contribution >= 4 is 11.8 Å². The van der Waals surface area contributed by atoms with E-state index in [2.05, 4.69) is 19.1 Å². The van der Waals surface area contributed by atoms with Crippen LogP contribution >= 0.6 is 11.8 Å². The van der Waals surface area contributed by atoms with E-state index in [1.54, 1.807) is 0 Å². The molecule has 16 heavy (non-hydrogen) atoms. The van der Waals surface area contributed by atoms with Crippen LogP contribution in [0.2, 0.25) is 0 Å². The summed E-state index contributed by atoms with van der Waals surface area (Å²) in [6.45, 7) is 5.73. The molecule has 1 unspecified atom stereocenters. The van der Waals surface area contributed by atoms with Crippen LogP contribution in [0.25, 0.3) is 0 Å². The first-order chi connectivity index (χ1) is 7.77. The molecule has 0 bridgehead atoms. The van der Waals surface area contributed by atoms with Crippen molar-refractivity contribution in [1.29, 1.82) is 0 Å². The molecule has 0 aliphatic carbocycles. The summed E-state index contributed by atoms with van der Waals surface area (Å²) in [5, 5.41) is 0.611. The minimum Gasteiger partial charge on any atom is -0.494 e. The Morgan fingerprint density at radius 3 is 2.81 bits per heavy atom. The molecule has 0 saturated heterocycles. The van der Waals surface area contributed by atoms with Gasteiger partial charge in [-0.15, -0.1) is 0 Å². The first-order valence-corrected chi connectivity index (χ1v) is 6.85. The highest BCUT2D eigenvalue weighted by Gasteiger charge is 2.06. The molecule has 0 radical (unpaired) electrons. The molecule has 1 aromatic rings. The van der Waals surface area contributed by atoms with Gasteiger partial charge in [0.1, 0.15) is 5.75 Å². The molecule has 1 atom stereocenters. The molecule has 2 nitrogen and oxygen atoms in total. The monoisotopic (exact) mass is 239 g/mol. The third-order valence-corrected chi connectivity index (χ3v) is 3.65. The Bertz CT molecular complexity index is 304. The van der Waals surface area contributed by atoms with Crippen LogP contribution in [0.15, 0.2) is 24.3 Å². The van der Waals surface area contributed by atoms with Gasteiger partial charge in [-0.05, 0) is 26.0 Å². The number of rotatable bonds is 7. The zero-order valence-corrected chi connectivity index (χ0v) is 10.9. The van der Waals surface area contributed by atoms with Gasteiger partial charge >= 0.3 is 0 Å². The Morgan fingerprint density at radius 2 is 2.12 bits per heavy atom. The van der Waals surface area contributed by atoms with Crippen LogP contribution in [0.5, 0.6) is 5.75 Å². The van der Waals surface area contributed by atoms with Gasteiger partial charge in [-0.2, -0.15) is 11.8 Å². The fourth-order valence-electron chi connectivity index (χ4n) is 1.47. The van der Waals surface area contributed by atoms with Crippen LogP contribution in [0.3, 0.4) is 0 Å². The summed E-state index contributed by atoms with van der Waals surface area (Å²) < 4.78 is 5.59. The summed E-state index contributed by atoms with van der Waals surface area (Å²) >= 11 is 1.93. The summed E-state index contributed by atoms with van der Waals surface area (Å²) in [5.41, 5.74) is 6.81. The number of para-hydroxylation sites is 1. The molecule has 1 rings (SSSR count). The van der Waals surface area contributed by atoms with Gasteiger partial charge in [0.15, 0.2) is 0 Å². The first-order valence-electron chi connectivity index (χ1n) is 5.80. The molecule has 0 aromatic heterocycles. The minimum absolute atomic E-state index is 0.611. The maximum Gasteiger partial charge on any atom is 0.123 e. The third kappa shape index (κ3) is 4.45. The summed E-state index contributed by atoms with van der Waals surface area (Å²) in [4.78, 5) is 0. The van der Waals surface area contributed by atoms with Crippen molar-refractivity contribution < 1.29 is 4.74 Å². The van der Waals surface area contributed by atoms with Gasteiger partial charge in [0.25, 0.3) is 0 Å². The van der Waals surface area contributed by atoms with Crippen LogP contribution in [-0.4, -0.2) is 18.4 Å². The van der Waals surface area contributed by atoms with Gasteiger partial charge in [-0.3, -0.25) is 0 Å². The Kier molecular flexibility index (Phi) is 6.34. The van der Waals surface area contributed by atoms with Crippen molar-refractivity contribution in [2.75, 3.05) is 13.2 Å². The lowest BCUT2D eigenvalue weighted by Crippen LogP contribution is -2.07. The highest BCUT2D eigenvalue weighted by molar-refractivity contribution is 7.99. The van der Waals surface area contributed by atoms with E-state index in [0.29, 0.717) is 5.25 Å². The fraction of sp³-hybridized carbons (Fsp3) is 0.538. The topological polar surface area (TPSA) is 35.2 Å². The van der Waals surface area contributed by atoms with Crippen molar-refractivity contribution in [3.63, 3.8) is 0 Å². The number of ether oxygens (including phenoxy) is 1. The summed E-state index contributed by atoms with van der Waals surface area (Å²) in [6, 6.07) is 8.24. The van der Waals surface area contributed by atoms with Crippen LogP contribution < -0.4 is 10.5 Å². The Hall–Kier alpha value is -0.670.